The lowest BCUT2D eigenvalue weighted by Crippen LogP contribution is -2.45. The van der Waals surface area contributed by atoms with E-state index in [4.69, 9.17) is 9.84 Å². The average Bonchev–Trinajstić information content (AvgIpc) is 3.18. The highest BCUT2D eigenvalue weighted by atomic mass is 19.1. The van der Waals surface area contributed by atoms with Gasteiger partial charge in [-0.3, -0.25) is 4.79 Å². The highest BCUT2D eigenvalue weighted by Crippen LogP contribution is 2.30. The fraction of sp³-hybridized carbons (Fsp3) is 0.385. The van der Waals surface area contributed by atoms with Crippen molar-refractivity contribution in [2.24, 2.45) is 0 Å². The van der Waals surface area contributed by atoms with Crippen LogP contribution in [0.4, 0.5) is 14.6 Å². The number of carbonyl (C=O) groups excluding carboxylic acids is 1. The zero-order valence-corrected chi connectivity index (χ0v) is 20.4. The molecule has 0 aliphatic carbocycles. The number of methoxy groups -OCH3 is 1. The van der Waals surface area contributed by atoms with Gasteiger partial charge in [0.25, 0.3) is 5.91 Å². The van der Waals surface area contributed by atoms with Crippen LogP contribution in [0.3, 0.4) is 0 Å². The lowest BCUT2D eigenvalue weighted by atomic mass is 10.1. The van der Waals surface area contributed by atoms with E-state index in [0.717, 1.165) is 43.3 Å². The Morgan fingerprint density at radius 3 is 2.43 bits per heavy atom. The summed E-state index contributed by atoms with van der Waals surface area (Å²) < 4.78 is 34.6. The number of ether oxygens (including phenoxy) is 1. The summed E-state index contributed by atoms with van der Waals surface area (Å²) in [6, 6.07) is 11.9. The van der Waals surface area contributed by atoms with Crippen LogP contribution < -0.4 is 4.90 Å². The molecule has 1 aliphatic rings. The third-order valence-corrected chi connectivity index (χ3v) is 6.31. The molecule has 0 atom stereocenters. The molecule has 4 rings (SSSR count). The van der Waals surface area contributed by atoms with Crippen LogP contribution in [-0.2, 0) is 11.3 Å². The van der Waals surface area contributed by atoms with E-state index in [9.17, 15) is 13.6 Å². The SMILES string of the molecule is COCCN(Cc1c(C)nn(-c2cccc(F)c2)c1N1CCN(C)CC1)C(=O)c1ccc(F)cc1. The first-order chi connectivity index (χ1) is 16.9. The summed E-state index contributed by atoms with van der Waals surface area (Å²) in [6.07, 6.45) is 0. The quantitative estimate of drug-likeness (QED) is 0.491. The number of aromatic nitrogens is 2. The molecule has 9 heteroatoms. The highest BCUT2D eigenvalue weighted by Gasteiger charge is 2.27. The smallest absolute Gasteiger partial charge is 0.254 e. The molecule has 1 fully saturated rings. The summed E-state index contributed by atoms with van der Waals surface area (Å²) in [7, 11) is 3.67. The first-order valence-corrected chi connectivity index (χ1v) is 11.7. The van der Waals surface area contributed by atoms with Crippen LogP contribution >= 0.6 is 0 Å². The van der Waals surface area contributed by atoms with Crippen LogP contribution in [-0.4, -0.2) is 79.0 Å². The van der Waals surface area contributed by atoms with Crippen molar-refractivity contribution < 1.29 is 18.3 Å². The number of halogens is 2. The van der Waals surface area contributed by atoms with Gasteiger partial charge in [-0.25, -0.2) is 13.5 Å². The van der Waals surface area contributed by atoms with Gasteiger partial charge in [0, 0.05) is 51.0 Å². The third kappa shape index (κ3) is 5.68. The third-order valence-electron chi connectivity index (χ3n) is 6.31. The molecule has 2 heterocycles. The molecule has 0 spiro atoms. The molecule has 0 radical (unpaired) electrons. The molecule has 1 aliphatic heterocycles. The lowest BCUT2D eigenvalue weighted by molar-refractivity contribution is 0.0680. The summed E-state index contributed by atoms with van der Waals surface area (Å²) in [5.74, 6) is -0.0934. The van der Waals surface area contributed by atoms with E-state index in [1.807, 2.05) is 13.0 Å². The van der Waals surface area contributed by atoms with Crippen molar-refractivity contribution >= 4 is 11.7 Å². The van der Waals surface area contributed by atoms with Gasteiger partial charge in [0.15, 0.2) is 0 Å². The topological polar surface area (TPSA) is 53.8 Å². The van der Waals surface area contributed by atoms with E-state index in [-0.39, 0.29) is 11.7 Å². The summed E-state index contributed by atoms with van der Waals surface area (Å²) in [4.78, 5) is 19.6. The predicted octanol–water partition coefficient (Wildman–Crippen LogP) is 3.50. The van der Waals surface area contributed by atoms with Crippen molar-refractivity contribution in [2.75, 3.05) is 58.4 Å². The maximum atomic E-state index is 14.1. The molecule has 7 nitrogen and oxygen atoms in total. The van der Waals surface area contributed by atoms with E-state index in [0.29, 0.717) is 30.9 Å². The number of benzene rings is 2. The molecule has 2 aromatic carbocycles. The van der Waals surface area contributed by atoms with E-state index in [2.05, 4.69) is 16.8 Å². The number of hydrogen-bond acceptors (Lipinski definition) is 5. The minimum atomic E-state index is -0.394. The van der Waals surface area contributed by atoms with Gasteiger partial charge in [-0.2, -0.15) is 5.10 Å². The average molecular weight is 484 g/mol. The van der Waals surface area contributed by atoms with Gasteiger partial charge in [-0.1, -0.05) is 6.07 Å². The van der Waals surface area contributed by atoms with E-state index >= 15 is 0 Å². The minimum absolute atomic E-state index is 0.218. The number of hydrogen-bond donors (Lipinski definition) is 0. The molecule has 0 unspecified atom stereocenters. The molecule has 1 saturated heterocycles. The van der Waals surface area contributed by atoms with Crippen LogP contribution in [0.25, 0.3) is 5.69 Å². The molecule has 186 valence electrons. The van der Waals surface area contributed by atoms with Gasteiger partial charge >= 0.3 is 0 Å². The van der Waals surface area contributed by atoms with E-state index in [1.54, 1.807) is 22.8 Å². The van der Waals surface area contributed by atoms with E-state index < -0.39 is 5.82 Å². The Labute approximate surface area is 204 Å². The number of anilines is 1. The molecule has 0 saturated carbocycles. The number of aryl methyl sites for hydroxylation is 1. The molecule has 1 amide bonds. The summed E-state index contributed by atoms with van der Waals surface area (Å²) >= 11 is 0. The van der Waals surface area contributed by atoms with Gasteiger partial charge in [0.2, 0.25) is 0 Å². The number of piperazine rings is 1. The Balaban J connectivity index is 1.74. The van der Waals surface area contributed by atoms with Crippen LogP contribution in [0.2, 0.25) is 0 Å². The lowest BCUT2D eigenvalue weighted by Gasteiger charge is -2.35. The number of nitrogens with zero attached hydrogens (tertiary/aromatic N) is 5. The van der Waals surface area contributed by atoms with Crippen molar-refractivity contribution in [3.63, 3.8) is 0 Å². The van der Waals surface area contributed by atoms with Gasteiger partial charge < -0.3 is 19.4 Å². The Hall–Kier alpha value is -3.30. The van der Waals surface area contributed by atoms with Crippen molar-refractivity contribution in [1.82, 2.24) is 19.6 Å². The van der Waals surface area contributed by atoms with E-state index in [1.165, 1.54) is 36.4 Å². The number of likely N-dealkylation sites (N-methyl/N-ethyl adjacent to an activating group) is 1. The monoisotopic (exact) mass is 483 g/mol. The van der Waals surface area contributed by atoms with Crippen LogP contribution in [0.5, 0.6) is 0 Å². The Morgan fingerprint density at radius 1 is 1.06 bits per heavy atom. The first kappa shape index (κ1) is 24.8. The summed E-state index contributed by atoms with van der Waals surface area (Å²) in [5, 5.41) is 4.77. The zero-order valence-electron chi connectivity index (χ0n) is 20.4. The number of carbonyl (C=O) groups is 1. The maximum absolute atomic E-state index is 14.1. The molecule has 0 N–H and O–H groups in total. The van der Waals surface area contributed by atoms with Gasteiger partial charge in [0.05, 0.1) is 24.5 Å². The van der Waals surface area contributed by atoms with Crippen molar-refractivity contribution in [1.29, 1.82) is 0 Å². The van der Waals surface area contributed by atoms with Gasteiger partial charge in [-0.05, 0) is 56.4 Å². The maximum Gasteiger partial charge on any atom is 0.254 e. The van der Waals surface area contributed by atoms with Crippen molar-refractivity contribution in [2.45, 2.75) is 13.5 Å². The molecular formula is C26H31F2N5O2. The molecule has 3 aromatic rings. The summed E-state index contributed by atoms with van der Waals surface area (Å²) in [6.45, 7) is 6.25. The second-order valence-electron chi connectivity index (χ2n) is 8.80. The molecule has 1 aromatic heterocycles. The highest BCUT2D eigenvalue weighted by molar-refractivity contribution is 5.94. The standard InChI is InChI=1S/C26H31F2N5O2/c1-19-24(18-32(15-16-35-3)26(34)20-7-9-21(27)10-8-20)25(31-13-11-30(2)12-14-31)33(29-19)23-6-4-5-22(28)17-23/h4-10,17H,11-16,18H2,1-3H3. The fourth-order valence-corrected chi connectivity index (χ4v) is 4.28. The van der Waals surface area contributed by atoms with Crippen molar-refractivity contribution in [3.8, 4) is 5.69 Å². The largest absolute Gasteiger partial charge is 0.383 e. The Kier molecular flexibility index (Phi) is 7.77. The van der Waals surface area contributed by atoms with Crippen LogP contribution in [0.15, 0.2) is 48.5 Å². The number of rotatable bonds is 8. The van der Waals surface area contributed by atoms with Crippen LogP contribution in [0.1, 0.15) is 21.6 Å². The zero-order chi connectivity index (χ0) is 24.9. The number of amides is 1. The molecule has 0 bridgehead atoms. The normalized spacial score (nSPS) is 14.4. The van der Waals surface area contributed by atoms with Crippen LogP contribution in [0, 0.1) is 18.6 Å². The predicted molar refractivity (Wildman–Crippen MR) is 131 cm³/mol. The Morgan fingerprint density at radius 2 is 1.77 bits per heavy atom. The second kappa shape index (κ2) is 11.0. The first-order valence-electron chi connectivity index (χ1n) is 11.7. The second-order valence-corrected chi connectivity index (χ2v) is 8.80. The fourth-order valence-electron chi connectivity index (χ4n) is 4.28. The summed E-state index contributed by atoms with van der Waals surface area (Å²) in [5.41, 5.74) is 2.68. The van der Waals surface area contributed by atoms with Gasteiger partial charge in [-0.15, -0.1) is 0 Å². The minimum Gasteiger partial charge on any atom is -0.383 e. The van der Waals surface area contributed by atoms with Crippen molar-refractivity contribution in [3.05, 3.63) is 77.0 Å². The molecular weight excluding hydrogens is 452 g/mol. The van der Waals surface area contributed by atoms with Gasteiger partial charge in [0.1, 0.15) is 17.5 Å². The molecule has 35 heavy (non-hydrogen) atoms. The Bertz CT molecular complexity index is 1160.